The van der Waals surface area contributed by atoms with Gasteiger partial charge in [-0.15, -0.1) is 0 Å². The Morgan fingerprint density at radius 3 is 2.65 bits per heavy atom. The van der Waals surface area contributed by atoms with Gasteiger partial charge in [-0.05, 0) is 43.5 Å². The Kier molecular flexibility index (Phi) is 6.77. The average molecular weight is 461 g/mol. The summed E-state index contributed by atoms with van der Waals surface area (Å²) in [5.41, 5.74) is 4.09. The number of allylic oxidation sites excluding steroid dienone is 1. The molecule has 0 saturated heterocycles. The quantitative estimate of drug-likeness (QED) is 0.679. The molecule has 1 unspecified atom stereocenters. The van der Waals surface area contributed by atoms with E-state index in [1.165, 1.54) is 6.92 Å². The zero-order valence-corrected chi connectivity index (χ0v) is 19.6. The van der Waals surface area contributed by atoms with Crippen LogP contribution in [0.15, 0.2) is 64.8 Å². The number of fused-ring (bicyclic) bond motifs is 2. The van der Waals surface area contributed by atoms with Gasteiger partial charge < -0.3 is 20.3 Å². The maximum atomic E-state index is 13.3. The molecular weight excluding hydrogens is 432 g/mol. The highest BCUT2D eigenvalue weighted by atomic mass is 16.5. The molecule has 2 N–H and O–H groups in total. The minimum atomic E-state index is -0.576. The second kappa shape index (κ2) is 9.91. The summed E-state index contributed by atoms with van der Waals surface area (Å²) < 4.78 is 5.24. The molecule has 2 aliphatic rings. The fraction of sp³-hybridized carbons (Fsp3) is 0.308. The number of amides is 2. The molecule has 0 aromatic heterocycles. The average Bonchev–Trinajstić information content (AvgIpc) is 2.94. The minimum Gasteiger partial charge on any atom is -0.462 e. The normalized spacial score (nSPS) is 17.0. The van der Waals surface area contributed by atoms with E-state index in [4.69, 9.17) is 4.74 Å². The second-order valence-corrected chi connectivity index (χ2v) is 8.25. The van der Waals surface area contributed by atoms with Gasteiger partial charge in [0.25, 0.3) is 0 Å². The van der Waals surface area contributed by atoms with Crippen molar-refractivity contribution in [2.75, 3.05) is 18.5 Å². The molecule has 2 amide bonds. The minimum absolute atomic E-state index is 0.0415. The maximum absolute atomic E-state index is 13.3. The van der Waals surface area contributed by atoms with Crippen LogP contribution in [0.1, 0.15) is 44.4 Å². The molecule has 1 atom stereocenters. The molecular formula is C26H28N4O4. The molecule has 34 heavy (non-hydrogen) atoms. The maximum Gasteiger partial charge on any atom is 0.343 e. The van der Waals surface area contributed by atoms with Crippen molar-refractivity contribution in [2.24, 2.45) is 4.99 Å². The number of anilines is 1. The summed E-state index contributed by atoms with van der Waals surface area (Å²) in [5.74, 6) is -0.884. The Morgan fingerprint density at radius 1 is 1.15 bits per heavy atom. The number of hydrogen-bond acceptors (Lipinski definition) is 6. The molecule has 176 valence electrons. The number of ether oxygens (including phenoxy) is 1. The number of nitrogens with one attached hydrogen (secondary N) is 2. The summed E-state index contributed by atoms with van der Waals surface area (Å²) in [6.07, 6.45) is 0.789. The number of esters is 1. The van der Waals surface area contributed by atoms with E-state index in [9.17, 15) is 14.4 Å². The Bertz CT molecular complexity index is 1200. The van der Waals surface area contributed by atoms with Crippen LogP contribution in [0.25, 0.3) is 0 Å². The first kappa shape index (κ1) is 23.2. The lowest BCUT2D eigenvalue weighted by Crippen LogP contribution is -2.42. The molecule has 4 rings (SSSR count). The molecule has 0 spiro atoms. The number of para-hydroxylation sites is 2. The zero-order valence-electron chi connectivity index (χ0n) is 19.6. The Hall–Kier alpha value is -3.94. The summed E-state index contributed by atoms with van der Waals surface area (Å²) in [7, 11) is 0. The Balaban J connectivity index is 1.66. The number of hydrogen-bond donors (Lipinski definition) is 2. The molecule has 0 fully saturated rings. The Morgan fingerprint density at radius 2 is 1.88 bits per heavy atom. The van der Waals surface area contributed by atoms with Crippen LogP contribution in [-0.4, -0.2) is 41.7 Å². The molecule has 0 bridgehead atoms. The van der Waals surface area contributed by atoms with E-state index < -0.39 is 12.0 Å². The number of amidine groups is 1. The van der Waals surface area contributed by atoms with Crippen molar-refractivity contribution < 1.29 is 19.1 Å². The van der Waals surface area contributed by atoms with E-state index in [2.05, 4.69) is 15.6 Å². The molecule has 0 radical (unpaired) electrons. The number of nitrogens with zero attached hydrogens (tertiary/aromatic N) is 2. The number of carbonyl (C=O) groups excluding carboxylic acids is 3. The molecule has 8 nitrogen and oxygen atoms in total. The highest BCUT2D eigenvalue weighted by Crippen LogP contribution is 2.33. The third-order valence-corrected chi connectivity index (χ3v) is 6.00. The third-order valence-electron chi connectivity index (χ3n) is 6.00. The third kappa shape index (κ3) is 4.71. The standard InChI is InChI=1S/C26H28N4O4/c1-4-34-26(33)24-16(2)27-20-11-7-8-12-21(20)28-25(24)29-23(32)15-22-19-10-6-5-9-18(19)13-14-30(22)17(3)31/h5-12,22,27H,4,13-15H2,1-3H3,(H,28,29,32). The van der Waals surface area contributed by atoms with Crippen molar-refractivity contribution in [3.63, 3.8) is 0 Å². The molecule has 2 heterocycles. The number of rotatable bonds is 4. The van der Waals surface area contributed by atoms with E-state index in [0.29, 0.717) is 17.9 Å². The smallest absolute Gasteiger partial charge is 0.343 e. The Labute approximate surface area is 198 Å². The van der Waals surface area contributed by atoms with Crippen LogP contribution >= 0.6 is 0 Å². The molecule has 0 saturated carbocycles. The number of aliphatic imine (C=N–C) groups is 1. The van der Waals surface area contributed by atoms with Gasteiger partial charge >= 0.3 is 5.97 Å². The SMILES string of the molecule is CCOC(=O)C1=C(C)Nc2ccccc2N=C1NC(=O)CC1c2ccccc2CCN1C(C)=O. The van der Waals surface area contributed by atoms with Crippen molar-refractivity contribution in [3.05, 3.63) is 70.9 Å². The van der Waals surface area contributed by atoms with E-state index >= 15 is 0 Å². The van der Waals surface area contributed by atoms with Crippen LogP contribution in [0.3, 0.4) is 0 Å². The van der Waals surface area contributed by atoms with Gasteiger partial charge in [-0.25, -0.2) is 9.79 Å². The van der Waals surface area contributed by atoms with Crippen molar-refractivity contribution in [3.8, 4) is 0 Å². The predicted molar refractivity (Wildman–Crippen MR) is 130 cm³/mol. The summed E-state index contributed by atoms with van der Waals surface area (Å²) in [4.78, 5) is 44.7. The molecule has 2 aliphatic heterocycles. The lowest BCUT2D eigenvalue weighted by molar-refractivity contribution is -0.138. The highest BCUT2D eigenvalue weighted by Gasteiger charge is 2.32. The first-order valence-corrected chi connectivity index (χ1v) is 11.4. The van der Waals surface area contributed by atoms with Crippen LogP contribution in [0.5, 0.6) is 0 Å². The van der Waals surface area contributed by atoms with Crippen LogP contribution in [0.4, 0.5) is 11.4 Å². The van der Waals surface area contributed by atoms with Gasteiger partial charge in [-0.3, -0.25) is 9.59 Å². The second-order valence-electron chi connectivity index (χ2n) is 8.25. The topological polar surface area (TPSA) is 100 Å². The predicted octanol–water partition coefficient (Wildman–Crippen LogP) is 3.63. The van der Waals surface area contributed by atoms with Crippen LogP contribution in [0.2, 0.25) is 0 Å². The molecule has 2 aromatic rings. The van der Waals surface area contributed by atoms with Crippen molar-refractivity contribution in [1.29, 1.82) is 0 Å². The lowest BCUT2D eigenvalue weighted by atomic mass is 9.90. The fourth-order valence-corrected chi connectivity index (χ4v) is 4.45. The molecule has 8 heteroatoms. The highest BCUT2D eigenvalue weighted by molar-refractivity contribution is 6.24. The summed E-state index contributed by atoms with van der Waals surface area (Å²) in [5, 5.41) is 6.02. The van der Waals surface area contributed by atoms with Crippen molar-refractivity contribution in [2.45, 2.75) is 39.7 Å². The van der Waals surface area contributed by atoms with Crippen LogP contribution in [0, 0.1) is 0 Å². The zero-order chi connectivity index (χ0) is 24.2. The van der Waals surface area contributed by atoms with Gasteiger partial charge in [0.15, 0.2) is 0 Å². The van der Waals surface area contributed by atoms with Gasteiger partial charge in [0.05, 0.1) is 30.4 Å². The van der Waals surface area contributed by atoms with Gasteiger partial charge in [-0.2, -0.15) is 0 Å². The molecule has 2 aromatic carbocycles. The van der Waals surface area contributed by atoms with Crippen LogP contribution in [-0.2, 0) is 25.5 Å². The van der Waals surface area contributed by atoms with Gasteiger partial charge in [0.1, 0.15) is 11.4 Å². The molecule has 0 aliphatic carbocycles. The first-order chi connectivity index (χ1) is 16.4. The first-order valence-electron chi connectivity index (χ1n) is 11.4. The van der Waals surface area contributed by atoms with E-state index in [0.717, 1.165) is 23.2 Å². The van der Waals surface area contributed by atoms with E-state index in [-0.39, 0.29) is 36.3 Å². The van der Waals surface area contributed by atoms with E-state index in [1.807, 2.05) is 42.5 Å². The van der Waals surface area contributed by atoms with Gasteiger partial charge in [-0.1, -0.05) is 36.4 Å². The number of carbonyl (C=O) groups is 3. The summed E-state index contributed by atoms with van der Waals surface area (Å²) in [6, 6.07) is 14.8. The van der Waals surface area contributed by atoms with Crippen LogP contribution < -0.4 is 10.6 Å². The lowest BCUT2D eigenvalue weighted by Gasteiger charge is -2.36. The summed E-state index contributed by atoms with van der Waals surface area (Å²) in [6.45, 7) is 5.72. The number of benzene rings is 2. The largest absolute Gasteiger partial charge is 0.462 e. The summed E-state index contributed by atoms with van der Waals surface area (Å²) >= 11 is 0. The van der Waals surface area contributed by atoms with E-state index in [1.54, 1.807) is 24.8 Å². The van der Waals surface area contributed by atoms with Gasteiger partial charge in [0, 0.05) is 19.2 Å². The van der Waals surface area contributed by atoms with Crippen molar-refractivity contribution in [1.82, 2.24) is 10.2 Å². The monoisotopic (exact) mass is 460 g/mol. The van der Waals surface area contributed by atoms with Gasteiger partial charge in [0.2, 0.25) is 11.8 Å². The van der Waals surface area contributed by atoms with Crippen molar-refractivity contribution >= 4 is 35.0 Å². The fourth-order valence-electron chi connectivity index (χ4n) is 4.45.